The van der Waals surface area contributed by atoms with Gasteiger partial charge in [-0.15, -0.1) is 0 Å². The van der Waals surface area contributed by atoms with Gasteiger partial charge in [0.1, 0.15) is 5.82 Å². The highest BCUT2D eigenvalue weighted by molar-refractivity contribution is 5.96. The van der Waals surface area contributed by atoms with Gasteiger partial charge < -0.3 is 15.0 Å². The van der Waals surface area contributed by atoms with Crippen LogP contribution in [0.25, 0.3) is 11.0 Å². The van der Waals surface area contributed by atoms with Gasteiger partial charge in [0, 0.05) is 38.0 Å². The van der Waals surface area contributed by atoms with Gasteiger partial charge >= 0.3 is 0 Å². The number of benzene rings is 1. The zero-order chi connectivity index (χ0) is 17.8. The van der Waals surface area contributed by atoms with Gasteiger partial charge in [-0.05, 0) is 24.6 Å². The van der Waals surface area contributed by atoms with Crippen LogP contribution in [0.5, 0.6) is 0 Å². The Bertz CT molecular complexity index is 867. The predicted octanol–water partition coefficient (Wildman–Crippen LogP) is 2.97. The maximum atomic E-state index is 12.5. The third-order valence-corrected chi connectivity index (χ3v) is 4.07. The molecule has 2 N–H and O–H groups in total. The Morgan fingerprint density at radius 2 is 2.28 bits per heavy atom. The van der Waals surface area contributed by atoms with Crippen LogP contribution in [0.15, 0.2) is 30.6 Å². The van der Waals surface area contributed by atoms with Gasteiger partial charge in [-0.2, -0.15) is 5.10 Å². The number of methoxy groups -OCH3 is 1. The maximum absolute atomic E-state index is 12.5. The zero-order valence-corrected chi connectivity index (χ0v) is 14.7. The van der Waals surface area contributed by atoms with Crippen molar-refractivity contribution in [2.75, 3.05) is 12.4 Å². The molecule has 2 aromatic heterocycles. The van der Waals surface area contributed by atoms with E-state index in [9.17, 15) is 4.79 Å². The summed E-state index contributed by atoms with van der Waals surface area (Å²) < 4.78 is 6.98. The molecule has 0 aliphatic carbocycles. The van der Waals surface area contributed by atoms with Crippen molar-refractivity contribution >= 4 is 22.6 Å². The normalized spacial score (nSPS) is 12.4. The molecule has 0 aliphatic heterocycles. The monoisotopic (exact) mass is 341 g/mol. The number of hydrogen-bond donors (Lipinski definition) is 2. The van der Waals surface area contributed by atoms with Crippen LogP contribution < -0.4 is 5.32 Å². The fourth-order valence-corrected chi connectivity index (χ4v) is 2.78. The number of H-pyrrole nitrogens is 1. The van der Waals surface area contributed by atoms with E-state index >= 15 is 0 Å². The van der Waals surface area contributed by atoms with E-state index < -0.39 is 6.10 Å². The molecule has 0 spiro atoms. The van der Waals surface area contributed by atoms with E-state index in [1.807, 2.05) is 18.2 Å². The Hall–Kier alpha value is -2.67. The standard InChI is InChI=1S/C18H23N5O2/c1-4-5-6-16-21-14-8-7-13(9-15(14)22-16)20-18(24)17(25-3)12-10-19-23(2)11-12/h7-11,17H,4-6H2,1-3H3,(H,20,24)(H,21,22)/t17-/m0/s1. The molecular weight excluding hydrogens is 318 g/mol. The van der Waals surface area contributed by atoms with Crippen LogP contribution in [-0.4, -0.2) is 32.8 Å². The molecule has 1 aromatic carbocycles. The lowest BCUT2D eigenvalue weighted by Gasteiger charge is -2.13. The van der Waals surface area contributed by atoms with Gasteiger partial charge in [-0.25, -0.2) is 4.98 Å². The number of carbonyl (C=O) groups excluding carboxylic acids is 1. The molecule has 0 radical (unpaired) electrons. The van der Waals surface area contributed by atoms with Crippen molar-refractivity contribution in [3.63, 3.8) is 0 Å². The van der Waals surface area contributed by atoms with Crippen molar-refractivity contribution in [2.24, 2.45) is 7.05 Å². The smallest absolute Gasteiger partial charge is 0.258 e. The minimum Gasteiger partial charge on any atom is -0.367 e. The van der Waals surface area contributed by atoms with Gasteiger partial charge in [-0.1, -0.05) is 13.3 Å². The summed E-state index contributed by atoms with van der Waals surface area (Å²) in [6.07, 6.45) is 5.86. The summed E-state index contributed by atoms with van der Waals surface area (Å²) in [4.78, 5) is 20.4. The predicted molar refractivity (Wildman–Crippen MR) is 96.3 cm³/mol. The first-order valence-electron chi connectivity index (χ1n) is 8.41. The molecule has 1 atom stereocenters. The summed E-state index contributed by atoms with van der Waals surface area (Å²) in [6, 6.07) is 5.65. The van der Waals surface area contributed by atoms with Crippen LogP contribution in [0, 0.1) is 0 Å². The molecule has 25 heavy (non-hydrogen) atoms. The number of anilines is 1. The van der Waals surface area contributed by atoms with Gasteiger partial charge in [-0.3, -0.25) is 9.48 Å². The molecule has 3 aromatic rings. The van der Waals surface area contributed by atoms with Gasteiger partial charge in [0.25, 0.3) is 5.91 Å². The van der Waals surface area contributed by atoms with E-state index in [4.69, 9.17) is 4.74 Å². The van der Waals surface area contributed by atoms with Crippen molar-refractivity contribution in [1.29, 1.82) is 0 Å². The second kappa shape index (κ2) is 7.48. The lowest BCUT2D eigenvalue weighted by Crippen LogP contribution is -2.22. The summed E-state index contributed by atoms with van der Waals surface area (Å²) in [5.41, 5.74) is 3.24. The van der Waals surface area contributed by atoms with Crippen molar-refractivity contribution in [3.05, 3.63) is 42.0 Å². The van der Waals surface area contributed by atoms with Crippen LogP contribution in [0.3, 0.4) is 0 Å². The summed E-state index contributed by atoms with van der Waals surface area (Å²) in [5.74, 6) is 0.742. The molecule has 3 rings (SSSR count). The molecule has 0 saturated heterocycles. The van der Waals surface area contributed by atoms with Crippen LogP contribution in [0.4, 0.5) is 5.69 Å². The third-order valence-electron chi connectivity index (χ3n) is 4.07. The molecule has 0 saturated carbocycles. The average molecular weight is 341 g/mol. The fourth-order valence-electron chi connectivity index (χ4n) is 2.78. The van der Waals surface area contributed by atoms with Gasteiger partial charge in [0.15, 0.2) is 6.10 Å². The Morgan fingerprint density at radius 3 is 2.96 bits per heavy atom. The molecule has 0 aliphatic rings. The first kappa shape index (κ1) is 17.2. The highest BCUT2D eigenvalue weighted by Gasteiger charge is 2.21. The number of aromatic nitrogens is 4. The summed E-state index contributed by atoms with van der Waals surface area (Å²) in [6.45, 7) is 2.16. The second-order valence-corrected chi connectivity index (χ2v) is 6.07. The second-order valence-electron chi connectivity index (χ2n) is 6.07. The molecule has 0 bridgehead atoms. The Morgan fingerprint density at radius 1 is 1.44 bits per heavy atom. The zero-order valence-electron chi connectivity index (χ0n) is 14.7. The quantitative estimate of drug-likeness (QED) is 0.692. The van der Waals surface area contributed by atoms with E-state index in [0.29, 0.717) is 11.3 Å². The number of aromatic amines is 1. The van der Waals surface area contributed by atoms with Crippen LogP contribution >= 0.6 is 0 Å². The minimum absolute atomic E-state index is 0.236. The molecule has 2 heterocycles. The highest BCUT2D eigenvalue weighted by Crippen LogP contribution is 2.21. The molecule has 7 nitrogen and oxygen atoms in total. The lowest BCUT2D eigenvalue weighted by atomic mass is 10.2. The first-order chi connectivity index (χ1) is 12.1. The number of nitrogens with zero attached hydrogens (tertiary/aromatic N) is 3. The van der Waals surface area contributed by atoms with Gasteiger partial charge in [0.2, 0.25) is 0 Å². The third kappa shape index (κ3) is 3.88. The van der Waals surface area contributed by atoms with E-state index in [1.54, 1.807) is 24.1 Å². The summed E-state index contributed by atoms with van der Waals surface area (Å²) in [5, 5.41) is 6.98. The van der Waals surface area contributed by atoms with Crippen LogP contribution in [-0.2, 0) is 23.0 Å². The number of hydrogen-bond acceptors (Lipinski definition) is 4. The Labute approximate surface area is 146 Å². The highest BCUT2D eigenvalue weighted by atomic mass is 16.5. The van der Waals surface area contributed by atoms with Crippen molar-refractivity contribution in [2.45, 2.75) is 32.3 Å². The number of fused-ring (bicyclic) bond motifs is 1. The van der Waals surface area contributed by atoms with Gasteiger partial charge in [0.05, 0.1) is 17.2 Å². The number of unbranched alkanes of at least 4 members (excludes halogenated alkanes) is 1. The molecule has 0 fully saturated rings. The largest absolute Gasteiger partial charge is 0.367 e. The van der Waals surface area contributed by atoms with E-state index in [0.717, 1.165) is 36.1 Å². The SMILES string of the molecule is CCCCc1nc2ccc(NC(=O)[C@@H](OC)c3cnn(C)c3)cc2[nH]1. The summed E-state index contributed by atoms with van der Waals surface area (Å²) in [7, 11) is 3.31. The van der Waals surface area contributed by atoms with Crippen LogP contribution in [0.2, 0.25) is 0 Å². The number of carbonyl (C=O) groups is 1. The number of imidazole rings is 1. The number of nitrogens with one attached hydrogen (secondary N) is 2. The topological polar surface area (TPSA) is 84.8 Å². The summed E-state index contributed by atoms with van der Waals surface area (Å²) >= 11 is 0. The average Bonchev–Trinajstić information content (AvgIpc) is 3.19. The number of aryl methyl sites for hydroxylation is 2. The van der Waals surface area contributed by atoms with E-state index in [2.05, 4.69) is 27.3 Å². The Balaban J connectivity index is 1.75. The molecular formula is C18H23N5O2. The fraction of sp³-hybridized carbons (Fsp3) is 0.389. The molecule has 1 amide bonds. The Kier molecular flexibility index (Phi) is 5.14. The first-order valence-corrected chi connectivity index (χ1v) is 8.41. The maximum Gasteiger partial charge on any atom is 0.258 e. The van der Waals surface area contributed by atoms with Crippen LogP contribution in [0.1, 0.15) is 37.3 Å². The van der Waals surface area contributed by atoms with Crippen molar-refractivity contribution in [1.82, 2.24) is 19.7 Å². The van der Waals surface area contributed by atoms with Crippen molar-refractivity contribution in [3.8, 4) is 0 Å². The molecule has 132 valence electrons. The lowest BCUT2D eigenvalue weighted by molar-refractivity contribution is -0.126. The molecule has 7 heteroatoms. The van der Waals surface area contributed by atoms with E-state index in [-0.39, 0.29) is 5.91 Å². The number of amides is 1. The van der Waals surface area contributed by atoms with Crippen molar-refractivity contribution < 1.29 is 9.53 Å². The van der Waals surface area contributed by atoms with E-state index in [1.165, 1.54) is 7.11 Å². The number of ether oxygens (including phenoxy) is 1. The number of rotatable bonds is 7. The minimum atomic E-state index is -0.703. The molecule has 0 unspecified atom stereocenters.